The van der Waals surface area contributed by atoms with Crippen molar-refractivity contribution in [1.82, 2.24) is 5.32 Å². The molecule has 0 aromatic heterocycles. The first kappa shape index (κ1) is 23.0. The molecule has 4 N–H and O–H groups in total. The van der Waals surface area contributed by atoms with Gasteiger partial charge in [0.15, 0.2) is 0 Å². The van der Waals surface area contributed by atoms with E-state index in [1.807, 2.05) is 27.7 Å². The molecule has 0 bridgehead atoms. The fourth-order valence-electron chi connectivity index (χ4n) is 3.39. The second-order valence-electron chi connectivity index (χ2n) is 8.71. The predicted octanol–water partition coefficient (Wildman–Crippen LogP) is -0.692. The van der Waals surface area contributed by atoms with Crippen molar-refractivity contribution in [2.24, 2.45) is 0 Å². The Bertz CT molecular complexity index is 740. The van der Waals surface area contributed by atoms with Gasteiger partial charge in [0.05, 0.1) is 17.8 Å². The molecule has 5 atom stereocenters. The lowest BCUT2D eigenvalue weighted by atomic mass is 9.79. The lowest BCUT2D eigenvalue weighted by Gasteiger charge is -2.42. The van der Waals surface area contributed by atoms with Crippen LogP contribution in [0.3, 0.4) is 0 Å². The number of carbonyl (C=O) groups excluding carboxylic acids is 1. The molecule has 10 heteroatoms. The molecule has 2 fully saturated rings. The van der Waals surface area contributed by atoms with Crippen molar-refractivity contribution in [3.8, 4) is 5.75 Å². The van der Waals surface area contributed by atoms with Crippen molar-refractivity contribution in [2.45, 2.75) is 76.5 Å². The van der Waals surface area contributed by atoms with E-state index in [0.29, 0.717) is 5.75 Å². The Morgan fingerprint density at radius 2 is 1.67 bits per heavy atom. The summed E-state index contributed by atoms with van der Waals surface area (Å²) < 4.78 is 23.5. The SMILES string of the molecule is CC(=O)NC1C(Oc2ccc(B3OC(C)(C)C(C)(C)O3)cc2)OC(CO)C(O)C1O. The third-order valence-electron chi connectivity index (χ3n) is 5.91. The van der Waals surface area contributed by atoms with Crippen molar-refractivity contribution in [3.63, 3.8) is 0 Å². The Morgan fingerprint density at radius 3 is 2.17 bits per heavy atom. The number of rotatable bonds is 5. The van der Waals surface area contributed by atoms with Gasteiger partial charge in [0, 0.05) is 6.92 Å². The minimum Gasteiger partial charge on any atom is -0.463 e. The van der Waals surface area contributed by atoms with Crippen LogP contribution in [0, 0.1) is 0 Å². The molecular weight excluding hydrogens is 393 g/mol. The van der Waals surface area contributed by atoms with Crippen LogP contribution in [0.1, 0.15) is 34.6 Å². The highest BCUT2D eigenvalue weighted by molar-refractivity contribution is 6.62. The minimum absolute atomic E-state index is 0.413. The summed E-state index contributed by atoms with van der Waals surface area (Å²) in [5, 5.41) is 32.4. The van der Waals surface area contributed by atoms with Gasteiger partial charge >= 0.3 is 7.12 Å². The molecule has 0 radical (unpaired) electrons. The van der Waals surface area contributed by atoms with E-state index in [1.54, 1.807) is 24.3 Å². The average Bonchev–Trinajstić information content (AvgIpc) is 2.89. The first-order valence-electron chi connectivity index (χ1n) is 9.97. The fourth-order valence-corrected chi connectivity index (χ4v) is 3.39. The molecule has 5 unspecified atom stereocenters. The molecule has 2 saturated heterocycles. The minimum atomic E-state index is -1.37. The number of nitrogens with one attached hydrogen (secondary N) is 1. The maximum absolute atomic E-state index is 11.5. The van der Waals surface area contributed by atoms with Crippen molar-refractivity contribution in [3.05, 3.63) is 24.3 Å². The molecule has 0 spiro atoms. The van der Waals surface area contributed by atoms with E-state index in [2.05, 4.69) is 5.32 Å². The number of hydrogen-bond donors (Lipinski definition) is 4. The molecule has 0 saturated carbocycles. The summed E-state index contributed by atoms with van der Waals surface area (Å²) in [4.78, 5) is 11.5. The maximum Gasteiger partial charge on any atom is 0.494 e. The highest BCUT2D eigenvalue weighted by Crippen LogP contribution is 2.36. The zero-order valence-electron chi connectivity index (χ0n) is 17.9. The number of ether oxygens (including phenoxy) is 2. The first-order valence-corrected chi connectivity index (χ1v) is 9.97. The molecular formula is C20H30BNO8. The highest BCUT2D eigenvalue weighted by atomic mass is 16.7. The van der Waals surface area contributed by atoms with Crippen LogP contribution in [0.15, 0.2) is 24.3 Å². The zero-order valence-corrected chi connectivity index (χ0v) is 17.9. The Labute approximate surface area is 176 Å². The summed E-state index contributed by atoms with van der Waals surface area (Å²) in [5.41, 5.74) is -0.0948. The summed E-state index contributed by atoms with van der Waals surface area (Å²) in [6.45, 7) is 8.68. The highest BCUT2D eigenvalue weighted by Gasteiger charge is 2.51. The number of aliphatic hydroxyl groups is 3. The number of amides is 1. The maximum atomic E-state index is 11.5. The summed E-state index contributed by atoms with van der Waals surface area (Å²) in [6, 6.07) is 5.97. The Kier molecular flexibility index (Phi) is 6.47. The summed E-state index contributed by atoms with van der Waals surface area (Å²) in [5.74, 6) is -0.00194. The van der Waals surface area contributed by atoms with Crippen molar-refractivity contribution >= 4 is 18.5 Å². The molecule has 0 aliphatic carbocycles. The van der Waals surface area contributed by atoms with Crippen molar-refractivity contribution in [1.29, 1.82) is 0 Å². The lowest BCUT2D eigenvalue weighted by molar-refractivity contribution is -0.244. The molecule has 2 aliphatic heterocycles. The van der Waals surface area contributed by atoms with E-state index < -0.39 is 61.5 Å². The van der Waals surface area contributed by atoms with Crippen LogP contribution in [0.4, 0.5) is 0 Å². The topological polar surface area (TPSA) is 127 Å². The molecule has 1 amide bonds. The van der Waals surface area contributed by atoms with Gasteiger partial charge in [0.2, 0.25) is 12.2 Å². The van der Waals surface area contributed by atoms with Gasteiger partial charge in [-0.05, 0) is 45.3 Å². The van der Waals surface area contributed by atoms with Crippen LogP contribution in [0.2, 0.25) is 0 Å². The van der Waals surface area contributed by atoms with E-state index in [9.17, 15) is 20.1 Å². The molecule has 3 rings (SSSR count). The van der Waals surface area contributed by atoms with Gasteiger partial charge in [0.1, 0.15) is 30.1 Å². The van der Waals surface area contributed by atoms with Gasteiger partial charge in [-0.1, -0.05) is 12.1 Å². The van der Waals surface area contributed by atoms with Crippen LogP contribution >= 0.6 is 0 Å². The number of aliphatic hydroxyl groups excluding tert-OH is 3. The third-order valence-corrected chi connectivity index (χ3v) is 5.91. The standard InChI is InChI=1S/C20H30BNO8/c1-11(24)22-15-17(26)16(25)14(10-23)28-18(15)27-13-8-6-12(7-9-13)21-29-19(2,3)20(4,5)30-21/h6-9,14-18,23,25-26H,10H2,1-5H3,(H,22,24). The molecule has 9 nitrogen and oxygen atoms in total. The van der Waals surface area contributed by atoms with E-state index in [0.717, 1.165) is 5.46 Å². The van der Waals surface area contributed by atoms with Crippen LogP contribution in [-0.4, -0.2) is 76.8 Å². The fraction of sp³-hybridized carbons (Fsp3) is 0.650. The largest absolute Gasteiger partial charge is 0.494 e. The molecule has 166 valence electrons. The second kappa shape index (κ2) is 8.45. The van der Waals surface area contributed by atoms with Crippen LogP contribution in [0.5, 0.6) is 5.75 Å². The van der Waals surface area contributed by atoms with Gasteiger partial charge in [-0.25, -0.2) is 0 Å². The molecule has 1 aromatic rings. The summed E-state index contributed by atoms with van der Waals surface area (Å²) in [6.07, 6.45) is -4.88. The summed E-state index contributed by atoms with van der Waals surface area (Å²) >= 11 is 0. The van der Waals surface area contributed by atoms with Crippen LogP contribution in [-0.2, 0) is 18.8 Å². The molecule has 2 heterocycles. The number of hydrogen-bond acceptors (Lipinski definition) is 8. The number of benzene rings is 1. The van der Waals surface area contributed by atoms with E-state index in [-0.39, 0.29) is 0 Å². The zero-order chi connectivity index (χ0) is 22.3. The van der Waals surface area contributed by atoms with Crippen molar-refractivity contribution in [2.75, 3.05) is 6.61 Å². The summed E-state index contributed by atoms with van der Waals surface area (Å²) in [7, 11) is -0.516. The van der Waals surface area contributed by atoms with E-state index in [4.69, 9.17) is 18.8 Å². The Morgan fingerprint density at radius 1 is 1.10 bits per heavy atom. The molecule has 30 heavy (non-hydrogen) atoms. The van der Waals surface area contributed by atoms with Gasteiger partial charge < -0.3 is 39.4 Å². The van der Waals surface area contributed by atoms with Gasteiger partial charge in [-0.2, -0.15) is 0 Å². The van der Waals surface area contributed by atoms with Gasteiger partial charge in [-0.15, -0.1) is 0 Å². The lowest BCUT2D eigenvalue weighted by Crippen LogP contribution is -2.65. The Balaban J connectivity index is 1.74. The van der Waals surface area contributed by atoms with Crippen molar-refractivity contribution < 1.29 is 38.9 Å². The average molecular weight is 423 g/mol. The normalized spacial score (nSPS) is 32.7. The quantitative estimate of drug-likeness (QED) is 0.459. The Hall–Kier alpha value is -1.69. The number of carbonyl (C=O) groups is 1. The van der Waals surface area contributed by atoms with Gasteiger partial charge in [-0.3, -0.25) is 4.79 Å². The molecule has 1 aromatic carbocycles. The van der Waals surface area contributed by atoms with E-state index in [1.165, 1.54) is 6.92 Å². The molecule has 2 aliphatic rings. The van der Waals surface area contributed by atoms with E-state index >= 15 is 0 Å². The smallest absolute Gasteiger partial charge is 0.463 e. The predicted molar refractivity (Wildman–Crippen MR) is 108 cm³/mol. The second-order valence-corrected chi connectivity index (χ2v) is 8.71. The monoisotopic (exact) mass is 423 g/mol. The van der Waals surface area contributed by atoms with Crippen LogP contribution in [0.25, 0.3) is 0 Å². The van der Waals surface area contributed by atoms with Gasteiger partial charge in [0.25, 0.3) is 0 Å². The first-order chi connectivity index (χ1) is 13.9. The third kappa shape index (κ3) is 4.49. The van der Waals surface area contributed by atoms with Crippen LogP contribution < -0.4 is 15.5 Å².